The molecule has 0 unspecified atom stereocenters. The van der Waals surface area contributed by atoms with Gasteiger partial charge in [-0.1, -0.05) is 42.8 Å². The van der Waals surface area contributed by atoms with Crippen molar-refractivity contribution in [3.05, 3.63) is 59.2 Å². The number of sulfonamides is 1. The molecule has 0 aromatic heterocycles. The molecule has 7 nitrogen and oxygen atoms in total. The lowest BCUT2D eigenvalue weighted by Gasteiger charge is -2.15. The molecular weight excluding hydrogens is 392 g/mol. The molecule has 0 radical (unpaired) electrons. The quantitative estimate of drug-likeness (QED) is 0.642. The van der Waals surface area contributed by atoms with Crippen LogP contribution in [0.5, 0.6) is 0 Å². The van der Waals surface area contributed by atoms with E-state index in [9.17, 15) is 18.0 Å². The molecule has 0 saturated carbocycles. The van der Waals surface area contributed by atoms with Crippen molar-refractivity contribution < 1.29 is 22.7 Å². The summed E-state index contributed by atoms with van der Waals surface area (Å²) in [4.78, 5) is 24.3. The topological polar surface area (TPSA) is 102 Å². The van der Waals surface area contributed by atoms with Crippen molar-refractivity contribution in [3.63, 3.8) is 0 Å². The van der Waals surface area contributed by atoms with E-state index >= 15 is 0 Å². The molecule has 156 valence electrons. The molecule has 0 heterocycles. The average Bonchev–Trinajstić information content (AvgIpc) is 2.67. The number of carbonyl (C=O) groups excluding carboxylic acids is 2. The first-order valence-electron chi connectivity index (χ1n) is 9.28. The minimum absolute atomic E-state index is 0.0483. The number of hydrogen-bond acceptors (Lipinski definition) is 5. The van der Waals surface area contributed by atoms with Crippen molar-refractivity contribution in [1.29, 1.82) is 0 Å². The molecule has 8 heteroatoms. The predicted octanol–water partition coefficient (Wildman–Crippen LogP) is 2.71. The Labute approximate surface area is 171 Å². The summed E-state index contributed by atoms with van der Waals surface area (Å²) in [5.41, 5.74) is 3.50. The number of rotatable bonds is 8. The highest BCUT2D eigenvalue weighted by Gasteiger charge is 2.23. The zero-order chi connectivity index (χ0) is 21.6. The smallest absolute Gasteiger partial charge is 0.324 e. The van der Waals surface area contributed by atoms with Crippen LogP contribution in [0.15, 0.2) is 47.4 Å². The van der Waals surface area contributed by atoms with Crippen LogP contribution in [0.25, 0.3) is 0 Å². The highest BCUT2D eigenvalue weighted by molar-refractivity contribution is 7.89. The fourth-order valence-electron chi connectivity index (χ4n) is 2.71. The lowest BCUT2D eigenvalue weighted by Crippen LogP contribution is -2.40. The van der Waals surface area contributed by atoms with E-state index in [4.69, 9.17) is 4.74 Å². The fourth-order valence-corrected chi connectivity index (χ4v) is 3.90. The van der Waals surface area contributed by atoms with Gasteiger partial charge < -0.3 is 10.1 Å². The zero-order valence-electron chi connectivity index (χ0n) is 17.0. The maximum absolute atomic E-state index is 12.3. The van der Waals surface area contributed by atoms with Gasteiger partial charge >= 0.3 is 5.97 Å². The lowest BCUT2D eigenvalue weighted by molar-refractivity contribution is -0.148. The number of para-hydroxylation sites is 1. The summed E-state index contributed by atoms with van der Waals surface area (Å²) in [7, 11) is -3.87. The Morgan fingerprint density at radius 2 is 1.72 bits per heavy atom. The van der Waals surface area contributed by atoms with Gasteiger partial charge in [0.2, 0.25) is 10.0 Å². The first kappa shape index (κ1) is 22.6. The Morgan fingerprint density at radius 3 is 2.34 bits per heavy atom. The predicted molar refractivity (Wildman–Crippen MR) is 111 cm³/mol. The normalized spacial score (nSPS) is 12.3. The first-order chi connectivity index (χ1) is 13.6. The summed E-state index contributed by atoms with van der Waals surface area (Å²) in [6.07, 6.45) is 0.745. The minimum atomic E-state index is -3.87. The summed E-state index contributed by atoms with van der Waals surface area (Å²) >= 11 is 0. The summed E-state index contributed by atoms with van der Waals surface area (Å²) < 4.78 is 31.9. The zero-order valence-corrected chi connectivity index (χ0v) is 17.8. The van der Waals surface area contributed by atoms with Crippen molar-refractivity contribution in [2.45, 2.75) is 45.1 Å². The van der Waals surface area contributed by atoms with E-state index in [2.05, 4.69) is 10.0 Å². The first-order valence-corrected chi connectivity index (χ1v) is 10.8. The van der Waals surface area contributed by atoms with Gasteiger partial charge in [-0.3, -0.25) is 9.59 Å². The second-order valence-corrected chi connectivity index (χ2v) is 8.49. The molecule has 29 heavy (non-hydrogen) atoms. The third kappa shape index (κ3) is 6.13. The number of carbonyl (C=O) groups is 2. The largest absolute Gasteiger partial charge is 0.454 e. The number of amides is 1. The maximum Gasteiger partial charge on any atom is 0.324 e. The number of anilines is 1. The van der Waals surface area contributed by atoms with Gasteiger partial charge in [0.15, 0.2) is 6.61 Å². The molecule has 2 aromatic rings. The molecule has 0 aliphatic heterocycles. The van der Waals surface area contributed by atoms with E-state index in [0.717, 1.165) is 23.1 Å². The van der Waals surface area contributed by atoms with E-state index in [1.165, 1.54) is 19.1 Å². The highest BCUT2D eigenvalue weighted by Crippen LogP contribution is 2.21. The Kier molecular flexibility index (Phi) is 7.53. The summed E-state index contributed by atoms with van der Waals surface area (Å²) in [6.45, 7) is 6.56. The molecule has 0 aliphatic rings. The van der Waals surface area contributed by atoms with Gasteiger partial charge in [0, 0.05) is 5.69 Å². The van der Waals surface area contributed by atoms with Crippen molar-refractivity contribution in [2.75, 3.05) is 11.9 Å². The average molecular weight is 419 g/mol. The molecule has 2 aromatic carbocycles. The Bertz CT molecular complexity index is 985. The third-order valence-electron chi connectivity index (χ3n) is 4.37. The molecule has 2 N–H and O–H groups in total. The lowest BCUT2D eigenvalue weighted by atomic mass is 10.1. The van der Waals surface area contributed by atoms with Crippen molar-refractivity contribution >= 4 is 27.6 Å². The molecule has 0 spiro atoms. The molecular formula is C21H26N2O5S. The van der Waals surface area contributed by atoms with Crippen LogP contribution in [-0.2, 0) is 30.8 Å². The van der Waals surface area contributed by atoms with Crippen LogP contribution in [0, 0.1) is 13.8 Å². The monoisotopic (exact) mass is 418 g/mol. The number of nitrogens with one attached hydrogen (secondary N) is 2. The van der Waals surface area contributed by atoms with E-state index in [0.29, 0.717) is 5.69 Å². The Morgan fingerprint density at radius 1 is 1.07 bits per heavy atom. The van der Waals surface area contributed by atoms with Gasteiger partial charge in [-0.2, -0.15) is 4.72 Å². The van der Waals surface area contributed by atoms with Crippen LogP contribution >= 0.6 is 0 Å². The van der Waals surface area contributed by atoms with E-state index in [1.807, 2.05) is 39.0 Å². The van der Waals surface area contributed by atoms with Crippen LogP contribution in [0.1, 0.15) is 30.5 Å². The van der Waals surface area contributed by atoms with Crippen LogP contribution < -0.4 is 10.0 Å². The number of benzene rings is 2. The van der Waals surface area contributed by atoms with E-state index in [1.54, 1.807) is 12.1 Å². The van der Waals surface area contributed by atoms with Crippen molar-refractivity contribution in [3.8, 4) is 0 Å². The molecule has 0 fully saturated rings. The van der Waals surface area contributed by atoms with Gasteiger partial charge in [-0.25, -0.2) is 8.42 Å². The van der Waals surface area contributed by atoms with Crippen LogP contribution in [0.4, 0.5) is 5.69 Å². The van der Waals surface area contributed by atoms with Crippen molar-refractivity contribution in [2.24, 2.45) is 0 Å². The molecule has 0 bridgehead atoms. The van der Waals surface area contributed by atoms with Crippen LogP contribution in [-0.4, -0.2) is 32.9 Å². The summed E-state index contributed by atoms with van der Waals surface area (Å²) in [5.74, 6) is -1.33. The minimum Gasteiger partial charge on any atom is -0.454 e. The molecule has 1 atom stereocenters. The van der Waals surface area contributed by atoms with Gasteiger partial charge in [0.1, 0.15) is 6.04 Å². The number of ether oxygens (including phenoxy) is 1. The van der Waals surface area contributed by atoms with Crippen LogP contribution in [0.2, 0.25) is 0 Å². The Hall–Kier alpha value is -2.71. The fraction of sp³-hybridized carbons (Fsp3) is 0.333. The number of aryl methyl sites for hydroxylation is 3. The van der Waals surface area contributed by atoms with Gasteiger partial charge in [-0.15, -0.1) is 0 Å². The van der Waals surface area contributed by atoms with Gasteiger partial charge in [-0.05, 0) is 50.5 Å². The number of esters is 1. The van der Waals surface area contributed by atoms with Gasteiger partial charge in [0.05, 0.1) is 4.90 Å². The molecule has 0 aliphatic carbocycles. The highest BCUT2D eigenvalue weighted by atomic mass is 32.2. The third-order valence-corrected chi connectivity index (χ3v) is 5.92. The molecule has 1 amide bonds. The van der Waals surface area contributed by atoms with E-state index < -0.39 is 34.5 Å². The second kappa shape index (κ2) is 9.67. The van der Waals surface area contributed by atoms with Crippen molar-refractivity contribution in [1.82, 2.24) is 4.72 Å². The maximum atomic E-state index is 12.3. The molecule has 2 rings (SSSR count). The Balaban J connectivity index is 1.93. The second-order valence-electron chi connectivity index (χ2n) is 6.77. The van der Waals surface area contributed by atoms with E-state index in [-0.39, 0.29) is 4.90 Å². The van der Waals surface area contributed by atoms with Gasteiger partial charge in [0.25, 0.3) is 5.91 Å². The van der Waals surface area contributed by atoms with Crippen LogP contribution in [0.3, 0.4) is 0 Å². The summed E-state index contributed by atoms with van der Waals surface area (Å²) in [5, 5.41) is 2.75. The number of hydrogen-bond donors (Lipinski definition) is 2. The summed E-state index contributed by atoms with van der Waals surface area (Å²) in [6, 6.07) is 10.8. The molecule has 0 saturated heterocycles. The SMILES string of the molecule is CCc1cccc(C)c1NC(=O)COC(=O)[C@H](C)NS(=O)(=O)c1ccc(C)cc1. The standard InChI is InChI=1S/C21H26N2O5S/c1-5-17-8-6-7-15(3)20(17)22-19(24)13-28-21(25)16(4)23-29(26,27)18-11-9-14(2)10-12-18/h6-12,16,23H,5,13H2,1-4H3,(H,22,24)/t16-/m0/s1.